The van der Waals surface area contributed by atoms with Crippen LogP contribution in [0.3, 0.4) is 0 Å². The van der Waals surface area contributed by atoms with Crippen molar-refractivity contribution in [3.63, 3.8) is 0 Å². The maximum atomic E-state index is 4.98. The molecule has 126 valence electrons. The molecule has 0 saturated carbocycles. The number of allylic oxidation sites excluding steroid dienone is 1. The number of nitrogens with zero attached hydrogens (tertiary/aromatic N) is 3. The molecule has 3 heterocycles. The highest BCUT2D eigenvalue weighted by Gasteiger charge is 2.32. The fraction of sp³-hybridized carbons (Fsp3) is 0.737. The van der Waals surface area contributed by atoms with Crippen LogP contribution in [0.2, 0.25) is 0 Å². The van der Waals surface area contributed by atoms with E-state index in [4.69, 9.17) is 5.10 Å². The number of aromatic nitrogens is 2. The van der Waals surface area contributed by atoms with E-state index in [0.29, 0.717) is 12.0 Å². The minimum absolute atomic E-state index is 0.635. The molecule has 1 fully saturated rings. The fourth-order valence-electron chi connectivity index (χ4n) is 4.68. The number of aryl methyl sites for hydroxylation is 1. The maximum absolute atomic E-state index is 4.98. The normalized spacial score (nSPS) is 23.0. The van der Waals surface area contributed by atoms with Crippen molar-refractivity contribution in [3.8, 4) is 0 Å². The van der Waals surface area contributed by atoms with Crippen molar-refractivity contribution in [2.75, 3.05) is 25.0 Å². The van der Waals surface area contributed by atoms with Gasteiger partial charge in [-0.3, -0.25) is 4.68 Å². The van der Waals surface area contributed by atoms with Crippen molar-refractivity contribution in [2.24, 2.45) is 7.05 Å². The molecule has 1 saturated heterocycles. The fourth-order valence-corrected chi connectivity index (χ4v) is 4.68. The smallest absolute Gasteiger partial charge is 0.132 e. The topological polar surface area (TPSA) is 33.1 Å². The monoisotopic (exact) mass is 314 g/mol. The second-order valence-electron chi connectivity index (χ2n) is 7.78. The van der Waals surface area contributed by atoms with Crippen LogP contribution in [0.15, 0.2) is 5.57 Å². The first-order valence-corrected chi connectivity index (χ1v) is 9.41. The van der Waals surface area contributed by atoms with Gasteiger partial charge < -0.3 is 10.2 Å². The number of piperidine rings is 1. The van der Waals surface area contributed by atoms with Crippen molar-refractivity contribution in [3.05, 3.63) is 16.8 Å². The minimum atomic E-state index is 0.635. The molecule has 4 rings (SSSR count). The van der Waals surface area contributed by atoms with Gasteiger partial charge >= 0.3 is 0 Å². The van der Waals surface area contributed by atoms with Crippen LogP contribution in [0.4, 0.5) is 5.82 Å². The highest BCUT2D eigenvalue weighted by atomic mass is 15.3. The summed E-state index contributed by atoms with van der Waals surface area (Å²) in [6.07, 6.45) is 7.75. The summed E-state index contributed by atoms with van der Waals surface area (Å²) in [5.74, 6) is 1.91. The molecule has 0 aromatic carbocycles. The Morgan fingerprint density at radius 2 is 1.87 bits per heavy atom. The molecule has 0 atom stereocenters. The number of hydrogen-bond donors (Lipinski definition) is 1. The molecular weight excluding hydrogens is 284 g/mol. The first kappa shape index (κ1) is 15.3. The van der Waals surface area contributed by atoms with E-state index in [2.05, 4.69) is 35.8 Å². The summed E-state index contributed by atoms with van der Waals surface area (Å²) in [6.45, 7) is 8.09. The quantitative estimate of drug-likeness (QED) is 0.902. The lowest BCUT2D eigenvalue weighted by Gasteiger charge is -2.35. The van der Waals surface area contributed by atoms with E-state index in [9.17, 15) is 0 Å². The second-order valence-corrected chi connectivity index (χ2v) is 7.78. The zero-order chi connectivity index (χ0) is 16.0. The largest absolute Gasteiger partial charge is 0.366 e. The van der Waals surface area contributed by atoms with Crippen molar-refractivity contribution in [1.29, 1.82) is 0 Å². The van der Waals surface area contributed by atoms with Gasteiger partial charge in [0.25, 0.3) is 0 Å². The minimum Gasteiger partial charge on any atom is -0.366 e. The Balaban J connectivity index is 1.66. The predicted octanol–water partition coefficient (Wildman–Crippen LogP) is 3.76. The van der Waals surface area contributed by atoms with Gasteiger partial charge in [-0.1, -0.05) is 0 Å². The van der Waals surface area contributed by atoms with Crippen molar-refractivity contribution < 1.29 is 0 Å². The number of anilines is 1. The highest BCUT2D eigenvalue weighted by Crippen LogP contribution is 2.44. The first-order valence-electron chi connectivity index (χ1n) is 9.41. The summed E-state index contributed by atoms with van der Waals surface area (Å²) < 4.78 is 2.10. The third-order valence-corrected chi connectivity index (χ3v) is 6.07. The Bertz CT molecular complexity index is 618. The number of hydrogen-bond acceptors (Lipinski definition) is 3. The van der Waals surface area contributed by atoms with Crippen LogP contribution in [0, 0.1) is 0 Å². The molecule has 3 aliphatic rings. The van der Waals surface area contributed by atoms with Crippen molar-refractivity contribution in [1.82, 2.24) is 14.7 Å². The van der Waals surface area contributed by atoms with Crippen LogP contribution < -0.4 is 5.32 Å². The van der Waals surface area contributed by atoms with Crippen LogP contribution in [-0.4, -0.2) is 40.4 Å². The average Bonchev–Trinajstić information content (AvgIpc) is 2.92. The lowest BCUT2D eigenvalue weighted by Crippen LogP contribution is -2.38. The van der Waals surface area contributed by atoms with Crippen LogP contribution in [0.5, 0.6) is 0 Å². The zero-order valence-electron chi connectivity index (χ0n) is 14.9. The van der Waals surface area contributed by atoms with E-state index in [1.807, 2.05) is 0 Å². The predicted molar refractivity (Wildman–Crippen MR) is 95.8 cm³/mol. The van der Waals surface area contributed by atoms with Crippen molar-refractivity contribution >= 4 is 11.4 Å². The Hall–Kier alpha value is -1.29. The number of rotatable bonds is 2. The molecule has 1 aromatic rings. The van der Waals surface area contributed by atoms with Gasteiger partial charge in [0.15, 0.2) is 0 Å². The van der Waals surface area contributed by atoms with Crippen LogP contribution >= 0.6 is 0 Å². The van der Waals surface area contributed by atoms with E-state index < -0.39 is 0 Å². The maximum Gasteiger partial charge on any atom is 0.132 e. The Morgan fingerprint density at radius 1 is 1.13 bits per heavy atom. The second kappa shape index (κ2) is 5.97. The van der Waals surface area contributed by atoms with E-state index >= 15 is 0 Å². The molecule has 0 bridgehead atoms. The van der Waals surface area contributed by atoms with Gasteiger partial charge in [0.05, 0.1) is 5.69 Å². The van der Waals surface area contributed by atoms with Gasteiger partial charge in [0.1, 0.15) is 5.82 Å². The van der Waals surface area contributed by atoms with Crippen LogP contribution in [-0.2, 0) is 7.05 Å². The SMILES string of the molecule is CC(C)N1CCC(c2nn(C)c3c2C2=C(CCCC2)CN3)CC1. The number of likely N-dealkylation sites (tertiary alicyclic amines) is 1. The molecule has 1 N–H and O–H groups in total. The van der Waals surface area contributed by atoms with Gasteiger partial charge in [-0.05, 0) is 76.6 Å². The molecule has 23 heavy (non-hydrogen) atoms. The summed E-state index contributed by atoms with van der Waals surface area (Å²) in [5, 5.41) is 8.63. The molecule has 2 aliphatic heterocycles. The van der Waals surface area contributed by atoms with Gasteiger partial charge in [0.2, 0.25) is 0 Å². The van der Waals surface area contributed by atoms with E-state index in [0.717, 1.165) is 6.54 Å². The summed E-state index contributed by atoms with van der Waals surface area (Å²) >= 11 is 0. The standard InChI is InChI=1S/C19H30N4/c1-13(2)23-10-8-14(9-11-23)18-17-16-7-5-4-6-15(16)12-20-19(17)22(3)21-18/h13-14,20H,4-12H2,1-3H3. The molecular formula is C19H30N4. The lowest BCUT2D eigenvalue weighted by molar-refractivity contribution is 0.170. The first-order chi connectivity index (χ1) is 11.1. The number of nitrogens with one attached hydrogen (secondary N) is 1. The third-order valence-electron chi connectivity index (χ3n) is 6.07. The Kier molecular flexibility index (Phi) is 3.96. The summed E-state index contributed by atoms with van der Waals surface area (Å²) in [5.41, 5.74) is 6.15. The Labute approximate surface area is 139 Å². The van der Waals surface area contributed by atoms with Crippen LogP contribution in [0.25, 0.3) is 5.57 Å². The van der Waals surface area contributed by atoms with E-state index in [-0.39, 0.29) is 0 Å². The Morgan fingerprint density at radius 3 is 2.61 bits per heavy atom. The van der Waals surface area contributed by atoms with Crippen molar-refractivity contribution in [2.45, 2.75) is 64.3 Å². The van der Waals surface area contributed by atoms with E-state index in [1.165, 1.54) is 68.7 Å². The molecule has 0 spiro atoms. The van der Waals surface area contributed by atoms with E-state index in [1.54, 1.807) is 11.1 Å². The molecule has 4 nitrogen and oxygen atoms in total. The van der Waals surface area contributed by atoms with Crippen LogP contribution in [0.1, 0.15) is 69.5 Å². The molecule has 0 unspecified atom stereocenters. The highest BCUT2D eigenvalue weighted by molar-refractivity contribution is 5.82. The lowest BCUT2D eigenvalue weighted by atomic mass is 9.81. The molecule has 1 aliphatic carbocycles. The van der Waals surface area contributed by atoms with Gasteiger partial charge in [-0.15, -0.1) is 0 Å². The third kappa shape index (κ3) is 2.61. The summed E-state index contributed by atoms with van der Waals surface area (Å²) in [4.78, 5) is 2.61. The summed E-state index contributed by atoms with van der Waals surface area (Å²) in [7, 11) is 2.10. The average molecular weight is 314 g/mol. The molecule has 0 amide bonds. The van der Waals surface area contributed by atoms with Gasteiger partial charge in [0, 0.05) is 31.1 Å². The van der Waals surface area contributed by atoms with Gasteiger partial charge in [-0.2, -0.15) is 5.10 Å². The zero-order valence-corrected chi connectivity index (χ0v) is 14.9. The molecule has 4 heteroatoms. The molecule has 0 radical (unpaired) electrons. The summed E-state index contributed by atoms with van der Waals surface area (Å²) in [6, 6.07) is 0.669. The number of fused-ring (bicyclic) bond motifs is 2. The molecule has 1 aromatic heterocycles. The van der Waals surface area contributed by atoms with Gasteiger partial charge in [-0.25, -0.2) is 0 Å².